The molecule has 0 unspecified atom stereocenters. The first kappa shape index (κ1) is 26.0. The molecule has 192 valence electrons. The molecule has 5 heteroatoms. The lowest BCUT2D eigenvalue weighted by Crippen LogP contribution is -2.56. The maximum absolute atomic E-state index is 14.2. The lowest BCUT2D eigenvalue weighted by molar-refractivity contribution is 0.130. The molecule has 0 aromatic heterocycles. The molecular weight excluding hydrogens is 446 g/mol. The molecule has 0 heterocycles. The van der Waals surface area contributed by atoms with E-state index >= 15 is 0 Å². The maximum Gasteiger partial charge on any atom is 0.332 e. The molecule has 4 amide bonds. The van der Waals surface area contributed by atoms with Gasteiger partial charge in [0.1, 0.15) is 0 Å². The van der Waals surface area contributed by atoms with Gasteiger partial charge in [0.2, 0.25) is 0 Å². The molecule has 0 spiro atoms. The highest BCUT2D eigenvalue weighted by atomic mass is 16.2. The molecule has 0 aliphatic heterocycles. The van der Waals surface area contributed by atoms with Crippen molar-refractivity contribution in [1.82, 2.24) is 15.1 Å². The van der Waals surface area contributed by atoms with E-state index in [1.807, 2.05) is 56.4 Å². The van der Waals surface area contributed by atoms with Crippen LogP contribution in [-0.4, -0.2) is 40.0 Å². The average molecular weight is 488 g/mol. The lowest BCUT2D eigenvalue weighted by Gasteiger charge is -2.38. The van der Waals surface area contributed by atoms with Crippen LogP contribution in [-0.2, 0) is 0 Å². The number of rotatable bonds is 6. The Morgan fingerprint density at radius 3 is 1.78 bits per heavy atom. The third-order valence-electron chi connectivity index (χ3n) is 7.51. The zero-order valence-electron chi connectivity index (χ0n) is 21.9. The van der Waals surface area contributed by atoms with Crippen LogP contribution in [0.15, 0.2) is 66.9 Å². The van der Waals surface area contributed by atoms with Crippen molar-refractivity contribution in [2.24, 2.45) is 0 Å². The highest BCUT2D eigenvalue weighted by Gasteiger charge is 2.35. The van der Waals surface area contributed by atoms with E-state index in [1.54, 1.807) is 9.80 Å². The Morgan fingerprint density at radius 2 is 1.28 bits per heavy atom. The molecule has 0 saturated heterocycles. The minimum atomic E-state index is -0.227. The van der Waals surface area contributed by atoms with Crippen molar-refractivity contribution >= 4 is 17.6 Å². The van der Waals surface area contributed by atoms with Crippen molar-refractivity contribution in [2.45, 2.75) is 96.2 Å². The molecule has 36 heavy (non-hydrogen) atoms. The third-order valence-corrected chi connectivity index (χ3v) is 7.51. The van der Waals surface area contributed by atoms with Gasteiger partial charge in [0.15, 0.2) is 0 Å². The summed E-state index contributed by atoms with van der Waals surface area (Å²) < 4.78 is 0. The summed E-state index contributed by atoms with van der Waals surface area (Å²) in [6, 6.07) is 19.9. The Hall–Kier alpha value is -3.08. The number of nitrogens with one attached hydrogen (secondary N) is 1. The molecule has 1 N–H and O–H groups in total. The van der Waals surface area contributed by atoms with Gasteiger partial charge in [-0.1, -0.05) is 99.2 Å². The predicted molar refractivity (Wildman–Crippen MR) is 146 cm³/mol. The van der Waals surface area contributed by atoms with Crippen molar-refractivity contribution in [3.8, 4) is 0 Å². The molecule has 2 aromatic carbocycles. The van der Waals surface area contributed by atoms with E-state index in [4.69, 9.17) is 0 Å². The molecule has 2 aliphatic carbocycles. The van der Waals surface area contributed by atoms with E-state index in [2.05, 4.69) is 29.6 Å². The van der Waals surface area contributed by atoms with E-state index < -0.39 is 0 Å². The summed E-state index contributed by atoms with van der Waals surface area (Å²) in [6.45, 7) is 4.03. The number of urea groups is 2. The highest BCUT2D eigenvalue weighted by Crippen LogP contribution is 2.28. The SMILES string of the molecule is CC(C)N(C=C(c1ccccc1)c1ccccc1)C(=O)N(C(=O)NC1CCCCC1)C1CCCCC1. The molecule has 2 aromatic rings. The van der Waals surface area contributed by atoms with Crippen molar-refractivity contribution < 1.29 is 9.59 Å². The fraction of sp³-hybridized carbons (Fsp3) is 0.484. The second kappa shape index (κ2) is 12.8. The van der Waals surface area contributed by atoms with Crippen molar-refractivity contribution in [1.29, 1.82) is 0 Å². The van der Waals surface area contributed by atoms with E-state index in [9.17, 15) is 9.59 Å². The van der Waals surface area contributed by atoms with Crippen LogP contribution < -0.4 is 5.32 Å². The Labute approximate surface area is 216 Å². The van der Waals surface area contributed by atoms with Crippen LogP contribution in [0.5, 0.6) is 0 Å². The Morgan fingerprint density at radius 1 is 0.778 bits per heavy atom. The van der Waals surface area contributed by atoms with Gasteiger partial charge in [-0.3, -0.25) is 4.90 Å². The summed E-state index contributed by atoms with van der Waals surface area (Å²) in [5, 5.41) is 3.23. The second-order valence-corrected chi connectivity index (χ2v) is 10.5. The number of amides is 4. The Balaban J connectivity index is 1.68. The van der Waals surface area contributed by atoms with Gasteiger partial charge in [-0.05, 0) is 50.7 Å². The summed E-state index contributed by atoms with van der Waals surface area (Å²) >= 11 is 0. The van der Waals surface area contributed by atoms with Crippen LogP contribution in [0.2, 0.25) is 0 Å². The van der Waals surface area contributed by atoms with Gasteiger partial charge < -0.3 is 5.32 Å². The first-order valence-electron chi connectivity index (χ1n) is 13.8. The third kappa shape index (κ3) is 6.57. The van der Waals surface area contributed by atoms with Gasteiger partial charge in [0.05, 0.1) is 0 Å². The largest absolute Gasteiger partial charge is 0.335 e. The summed E-state index contributed by atoms with van der Waals surface area (Å²) in [5.74, 6) is 0. The quantitative estimate of drug-likeness (QED) is 0.456. The molecule has 2 saturated carbocycles. The van der Waals surface area contributed by atoms with Crippen molar-refractivity contribution in [2.75, 3.05) is 0 Å². The molecule has 0 atom stereocenters. The number of carbonyl (C=O) groups is 2. The van der Waals surface area contributed by atoms with Crippen LogP contribution in [0, 0.1) is 0 Å². The van der Waals surface area contributed by atoms with E-state index in [-0.39, 0.29) is 30.2 Å². The molecule has 0 bridgehead atoms. The first-order chi connectivity index (χ1) is 17.5. The van der Waals surface area contributed by atoms with E-state index in [0.29, 0.717) is 0 Å². The van der Waals surface area contributed by atoms with E-state index in [0.717, 1.165) is 68.1 Å². The predicted octanol–water partition coefficient (Wildman–Crippen LogP) is 7.58. The van der Waals surface area contributed by atoms with Gasteiger partial charge in [0, 0.05) is 29.9 Å². The highest BCUT2D eigenvalue weighted by molar-refractivity contribution is 5.95. The zero-order valence-corrected chi connectivity index (χ0v) is 21.9. The van der Waals surface area contributed by atoms with Crippen molar-refractivity contribution in [3.63, 3.8) is 0 Å². The summed E-state index contributed by atoms with van der Waals surface area (Å²) in [7, 11) is 0. The fourth-order valence-electron chi connectivity index (χ4n) is 5.48. The first-order valence-corrected chi connectivity index (χ1v) is 13.8. The molecule has 4 rings (SSSR count). The van der Waals surface area contributed by atoms with Gasteiger partial charge in [-0.2, -0.15) is 0 Å². The number of imide groups is 1. The van der Waals surface area contributed by atoms with Crippen LogP contribution in [0.4, 0.5) is 9.59 Å². The van der Waals surface area contributed by atoms with Crippen LogP contribution >= 0.6 is 0 Å². The molecular formula is C31H41N3O2. The normalized spacial score (nSPS) is 16.9. The van der Waals surface area contributed by atoms with Crippen LogP contribution in [0.25, 0.3) is 5.57 Å². The monoisotopic (exact) mass is 487 g/mol. The summed E-state index contributed by atoms with van der Waals surface area (Å²) in [6.07, 6.45) is 12.5. The number of hydrogen-bond acceptors (Lipinski definition) is 2. The maximum atomic E-state index is 14.2. The number of nitrogens with zero attached hydrogens (tertiary/aromatic N) is 2. The van der Waals surface area contributed by atoms with Crippen LogP contribution in [0.1, 0.15) is 89.2 Å². The van der Waals surface area contributed by atoms with Gasteiger partial charge in [0.25, 0.3) is 0 Å². The standard InChI is InChI=1S/C31H41N3O2/c1-24(2)33(23-29(25-15-7-3-8-16-25)26-17-9-4-10-18-26)31(36)34(28-21-13-6-14-22-28)30(35)32-27-19-11-5-12-20-27/h3-4,7-10,15-18,23-24,27-28H,5-6,11-14,19-22H2,1-2H3,(H,32,35). The minimum absolute atomic E-state index is 0.0543. The second-order valence-electron chi connectivity index (χ2n) is 10.5. The number of benzene rings is 2. The van der Waals surface area contributed by atoms with E-state index in [1.165, 1.54) is 12.8 Å². The zero-order chi connectivity index (χ0) is 25.3. The minimum Gasteiger partial charge on any atom is -0.335 e. The van der Waals surface area contributed by atoms with Gasteiger partial charge in [-0.15, -0.1) is 0 Å². The number of carbonyl (C=O) groups excluding carboxylic acids is 2. The molecule has 0 radical (unpaired) electrons. The molecule has 2 aliphatic rings. The molecule has 5 nitrogen and oxygen atoms in total. The Bertz CT molecular complexity index is 965. The van der Waals surface area contributed by atoms with Crippen molar-refractivity contribution in [3.05, 3.63) is 78.0 Å². The van der Waals surface area contributed by atoms with Crippen LogP contribution in [0.3, 0.4) is 0 Å². The smallest absolute Gasteiger partial charge is 0.332 e. The average Bonchev–Trinajstić information content (AvgIpc) is 2.91. The summed E-state index contributed by atoms with van der Waals surface area (Å²) in [4.78, 5) is 31.2. The summed E-state index contributed by atoms with van der Waals surface area (Å²) in [5.41, 5.74) is 3.05. The fourth-order valence-corrected chi connectivity index (χ4v) is 5.48. The Kier molecular flexibility index (Phi) is 9.21. The number of hydrogen-bond donors (Lipinski definition) is 1. The van der Waals surface area contributed by atoms with Gasteiger partial charge in [-0.25, -0.2) is 14.5 Å². The topological polar surface area (TPSA) is 52.7 Å². The lowest BCUT2D eigenvalue weighted by atomic mass is 9.94. The molecule has 2 fully saturated rings. The van der Waals surface area contributed by atoms with Gasteiger partial charge >= 0.3 is 12.1 Å².